The van der Waals surface area contributed by atoms with Gasteiger partial charge in [0.2, 0.25) is 5.91 Å². The highest BCUT2D eigenvalue weighted by Gasteiger charge is 2.34. The Morgan fingerprint density at radius 3 is 2.43 bits per heavy atom. The highest BCUT2D eigenvalue weighted by Crippen LogP contribution is 2.36. The molecule has 2 aromatic rings. The summed E-state index contributed by atoms with van der Waals surface area (Å²) in [7, 11) is 0. The van der Waals surface area contributed by atoms with Crippen molar-refractivity contribution in [1.82, 2.24) is 0 Å². The Morgan fingerprint density at radius 1 is 1.14 bits per heavy atom. The van der Waals surface area contributed by atoms with Crippen LogP contribution in [0.3, 0.4) is 0 Å². The van der Waals surface area contributed by atoms with Crippen molar-refractivity contribution in [2.75, 3.05) is 17.2 Å². The number of hydrogen-bond donors (Lipinski definition) is 2. The van der Waals surface area contributed by atoms with Crippen LogP contribution in [0.1, 0.15) is 12.5 Å². The lowest BCUT2D eigenvalue weighted by molar-refractivity contribution is -0.385. The van der Waals surface area contributed by atoms with Crippen molar-refractivity contribution in [2.45, 2.75) is 13.1 Å². The van der Waals surface area contributed by atoms with E-state index in [1.165, 1.54) is 24.3 Å². The maximum absolute atomic E-state index is 13.2. The maximum Gasteiger partial charge on any atom is 0.418 e. The fourth-order valence-corrected chi connectivity index (χ4v) is 2.23. The number of para-hydroxylation sites is 2. The smallest absolute Gasteiger partial charge is 0.418 e. The van der Waals surface area contributed by atoms with Crippen molar-refractivity contribution in [1.29, 1.82) is 0 Å². The number of benzene rings is 2. The summed E-state index contributed by atoms with van der Waals surface area (Å²) in [6.45, 7) is 0.401. The van der Waals surface area contributed by atoms with Crippen LogP contribution in [-0.4, -0.2) is 23.3 Å². The minimum atomic E-state index is -4.80. The van der Waals surface area contributed by atoms with E-state index in [2.05, 4.69) is 10.6 Å². The quantitative estimate of drug-likeness (QED) is 0.572. The van der Waals surface area contributed by atoms with Crippen molar-refractivity contribution >= 4 is 28.9 Å². The van der Waals surface area contributed by atoms with Crippen LogP contribution in [0.5, 0.6) is 5.75 Å². The first-order valence-corrected chi connectivity index (χ1v) is 7.73. The van der Waals surface area contributed by atoms with Gasteiger partial charge in [-0.15, -0.1) is 0 Å². The molecule has 0 aromatic heterocycles. The van der Waals surface area contributed by atoms with Gasteiger partial charge < -0.3 is 15.4 Å². The van der Waals surface area contributed by atoms with Gasteiger partial charge >= 0.3 is 11.9 Å². The van der Waals surface area contributed by atoms with Gasteiger partial charge in [-0.3, -0.25) is 19.7 Å². The number of anilines is 2. The summed E-state index contributed by atoms with van der Waals surface area (Å²) in [5.74, 6) is -1.70. The number of nitrogens with zero attached hydrogens (tertiary/aromatic N) is 1. The van der Waals surface area contributed by atoms with Crippen molar-refractivity contribution in [2.24, 2.45) is 0 Å². The zero-order chi connectivity index (χ0) is 20.9. The Kier molecular flexibility index (Phi) is 6.18. The molecule has 0 bridgehead atoms. The zero-order valence-electron chi connectivity index (χ0n) is 14.4. The number of nitro benzene ring substituents is 1. The van der Waals surface area contributed by atoms with E-state index in [1.54, 1.807) is 0 Å². The van der Waals surface area contributed by atoms with E-state index in [4.69, 9.17) is 4.74 Å². The van der Waals surface area contributed by atoms with Gasteiger partial charge in [-0.1, -0.05) is 12.1 Å². The predicted octanol–water partition coefficient (Wildman–Crippen LogP) is 3.59. The molecule has 0 aliphatic carbocycles. The summed E-state index contributed by atoms with van der Waals surface area (Å²) in [5, 5.41) is 15.2. The third-order valence-corrected chi connectivity index (χ3v) is 3.34. The molecular weight excluding hydrogens is 383 g/mol. The van der Waals surface area contributed by atoms with Crippen LogP contribution >= 0.6 is 0 Å². The van der Waals surface area contributed by atoms with E-state index in [1.807, 2.05) is 0 Å². The number of carbonyl (C=O) groups is 2. The normalized spacial score (nSPS) is 10.9. The number of hydrogen-bond acceptors (Lipinski definition) is 5. The number of ether oxygens (including phenoxy) is 1. The van der Waals surface area contributed by atoms with Crippen LogP contribution < -0.4 is 15.4 Å². The van der Waals surface area contributed by atoms with Crippen LogP contribution in [-0.2, 0) is 15.8 Å². The molecule has 0 atom stereocenters. The van der Waals surface area contributed by atoms with E-state index >= 15 is 0 Å². The predicted molar refractivity (Wildman–Crippen MR) is 93.0 cm³/mol. The zero-order valence-corrected chi connectivity index (χ0v) is 14.4. The standard InChI is InChI=1S/C17H14F3N3O5/c1-10(24)21-11-6-7-13(12(8-11)17(18,19)20)22-16(25)9-28-15-5-3-2-4-14(15)23(26)27/h2-8H,9H2,1H3,(H,21,24)(H,22,25). The van der Waals surface area contributed by atoms with Crippen LogP contribution in [0.15, 0.2) is 42.5 Å². The molecule has 148 valence electrons. The third-order valence-electron chi connectivity index (χ3n) is 3.34. The Hall–Kier alpha value is -3.63. The SMILES string of the molecule is CC(=O)Nc1ccc(NC(=O)COc2ccccc2[N+](=O)[O-])c(C(F)(F)F)c1. The minimum absolute atomic E-state index is 0.0889. The second-order valence-electron chi connectivity index (χ2n) is 5.50. The summed E-state index contributed by atoms with van der Waals surface area (Å²) >= 11 is 0. The molecule has 0 aliphatic heterocycles. The lowest BCUT2D eigenvalue weighted by Crippen LogP contribution is -2.22. The second-order valence-corrected chi connectivity index (χ2v) is 5.50. The first-order valence-electron chi connectivity index (χ1n) is 7.73. The number of carbonyl (C=O) groups excluding carboxylic acids is 2. The second kappa shape index (κ2) is 8.37. The lowest BCUT2D eigenvalue weighted by atomic mass is 10.1. The number of amides is 2. The van der Waals surface area contributed by atoms with Crippen molar-refractivity contribution in [3.05, 3.63) is 58.1 Å². The molecule has 11 heteroatoms. The molecule has 0 unspecified atom stereocenters. The molecule has 0 fully saturated rings. The third kappa shape index (κ3) is 5.43. The van der Waals surface area contributed by atoms with Gasteiger partial charge in [0.25, 0.3) is 5.91 Å². The van der Waals surface area contributed by atoms with E-state index < -0.39 is 40.8 Å². The minimum Gasteiger partial charge on any atom is -0.477 e. The topological polar surface area (TPSA) is 111 Å². The first-order chi connectivity index (χ1) is 13.1. The number of nitrogens with one attached hydrogen (secondary N) is 2. The van der Waals surface area contributed by atoms with Crippen LogP contribution in [0.2, 0.25) is 0 Å². The van der Waals surface area contributed by atoms with E-state index in [9.17, 15) is 32.9 Å². The summed E-state index contributed by atoms with van der Waals surface area (Å²) in [6.07, 6.45) is -4.80. The molecular formula is C17H14F3N3O5. The molecule has 2 amide bonds. The molecule has 0 radical (unpaired) electrons. The van der Waals surface area contributed by atoms with E-state index in [-0.39, 0.29) is 17.1 Å². The van der Waals surface area contributed by atoms with Crippen molar-refractivity contribution in [3.8, 4) is 5.75 Å². The van der Waals surface area contributed by atoms with Crippen molar-refractivity contribution in [3.63, 3.8) is 0 Å². The largest absolute Gasteiger partial charge is 0.477 e. The Balaban J connectivity index is 2.15. The maximum atomic E-state index is 13.2. The van der Waals surface area contributed by atoms with Gasteiger partial charge in [0.05, 0.1) is 16.2 Å². The van der Waals surface area contributed by atoms with Gasteiger partial charge in [-0.05, 0) is 24.3 Å². The lowest BCUT2D eigenvalue weighted by Gasteiger charge is -2.15. The van der Waals surface area contributed by atoms with E-state index in [0.717, 1.165) is 19.1 Å². The molecule has 0 heterocycles. The number of rotatable bonds is 6. The van der Waals surface area contributed by atoms with Gasteiger partial charge in [0.1, 0.15) is 0 Å². The first kappa shape index (κ1) is 20.7. The van der Waals surface area contributed by atoms with Crippen molar-refractivity contribution < 1.29 is 32.4 Å². The number of nitro groups is 1. The summed E-state index contributed by atoms with van der Waals surface area (Å²) in [5.41, 5.74) is -2.18. The highest BCUT2D eigenvalue weighted by molar-refractivity contribution is 5.94. The summed E-state index contributed by atoms with van der Waals surface area (Å²) < 4.78 is 44.8. The fourth-order valence-electron chi connectivity index (χ4n) is 2.23. The Morgan fingerprint density at radius 2 is 1.82 bits per heavy atom. The molecule has 8 nitrogen and oxygen atoms in total. The van der Waals surface area contributed by atoms with Gasteiger partial charge in [0.15, 0.2) is 12.4 Å². The molecule has 0 saturated heterocycles. The highest BCUT2D eigenvalue weighted by atomic mass is 19.4. The molecule has 28 heavy (non-hydrogen) atoms. The molecule has 2 N–H and O–H groups in total. The average molecular weight is 397 g/mol. The molecule has 2 aromatic carbocycles. The molecule has 0 saturated carbocycles. The Labute approximate surface area is 156 Å². The summed E-state index contributed by atoms with van der Waals surface area (Å²) in [4.78, 5) is 33.1. The van der Waals surface area contributed by atoms with Crippen LogP contribution in [0.4, 0.5) is 30.2 Å². The monoisotopic (exact) mass is 397 g/mol. The Bertz CT molecular complexity index is 915. The fraction of sp³-hybridized carbons (Fsp3) is 0.176. The number of halogens is 3. The number of alkyl halides is 3. The summed E-state index contributed by atoms with van der Waals surface area (Å²) in [6, 6.07) is 8.12. The molecule has 2 rings (SSSR count). The van der Waals surface area contributed by atoms with Gasteiger partial charge in [0, 0.05) is 18.7 Å². The van der Waals surface area contributed by atoms with Gasteiger partial charge in [-0.25, -0.2) is 0 Å². The molecule has 0 aliphatic rings. The van der Waals surface area contributed by atoms with Crippen LogP contribution in [0.25, 0.3) is 0 Å². The van der Waals surface area contributed by atoms with Gasteiger partial charge in [-0.2, -0.15) is 13.2 Å². The van der Waals surface area contributed by atoms with Crippen LogP contribution in [0, 0.1) is 10.1 Å². The average Bonchev–Trinajstić information content (AvgIpc) is 2.60. The molecule has 0 spiro atoms. The van der Waals surface area contributed by atoms with E-state index in [0.29, 0.717) is 6.07 Å².